The first-order chi connectivity index (χ1) is 9.54. The summed E-state index contributed by atoms with van der Waals surface area (Å²) < 4.78 is 28.5. The quantitative estimate of drug-likeness (QED) is 0.801. The van der Waals surface area contributed by atoms with E-state index in [2.05, 4.69) is 9.71 Å². The lowest BCUT2D eigenvalue weighted by Crippen LogP contribution is -2.23. The van der Waals surface area contributed by atoms with Crippen LogP contribution in [-0.2, 0) is 16.6 Å². The van der Waals surface area contributed by atoms with Crippen molar-refractivity contribution in [3.63, 3.8) is 0 Å². The van der Waals surface area contributed by atoms with Crippen LogP contribution in [0.3, 0.4) is 0 Å². The second-order valence-corrected chi connectivity index (χ2v) is 7.18. The number of aromatic nitrogens is 2. The van der Waals surface area contributed by atoms with Crippen LogP contribution in [0.5, 0.6) is 0 Å². The summed E-state index contributed by atoms with van der Waals surface area (Å²) in [7, 11) is -3.55. The highest BCUT2D eigenvalue weighted by Crippen LogP contribution is 2.15. The van der Waals surface area contributed by atoms with E-state index < -0.39 is 10.0 Å². The minimum Gasteiger partial charge on any atom is -0.297 e. The lowest BCUT2D eigenvalue weighted by Gasteiger charge is -2.05. The number of imidazole rings is 1. The lowest BCUT2D eigenvalue weighted by atomic mass is 10.4. The molecule has 1 N–H and O–H groups in total. The van der Waals surface area contributed by atoms with Gasteiger partial charge in [-0.3, -0.25) is 4.40 Å². The fraction of sp³-hybridized carbons (Fsp3) is 0.0833. The van der Waals surface area contributed by atoms with E-state index in [0.717, 1.165) is 4.96 Å². The smallest absolute Gasteiger partial charge is 0.240 e. The summed E-state index contributed by atoms with van der Waals surface area (Å²) in [6.07, 6.45) is 3.68. The minimum absolute atomic E-state index is 0.152. The van der Waals surface area contributed by atoms with E-state index in [-0.39, 0.29) is 11.4 Å². The van der Waals surface area contributed by atoms with Crippen molar-refractivity contribution in [2.75, 3.05) is 0 Å². The highest BCUT2D eigenvalue weighted by atomic mass is 35.5. The van der Waals surface area contributed by atoms with Crippen LogP contribution in [0.15, 0.2) is 46.9 Å². The van der Waals surface area contributed by atoms with Crippen LogP contribution in [0.25, 0.3) is 4.96 Å². The number of fused-ring (bicyclic) bond motifs is 1. The lowest BCUT2D eigenvalue weighted by molar-refractivity contribution is 0.580. The summed E-state index contributed by atoms with van der Waals surface area (Å²) in [5, 5.41) is 2.42. The molecule has 0 radical (unpaired) electrons. The van der Waals surface area contributed by atoms with Crippen LogP contribution >= 0.6 is 22.9 Å². The van der Waals surface area contributed by atoms with Gasteiger partial charge in [0, 0.05) is 22.8 Å². The summed E-state index contributed by atoms with van der Waals surface area (Å²) in [5.74, 6) is 0. The number of sulfonamides is 1. The van der Waals surface area contributed by atoms with E-state index in [4.69, 9.17) is 11.6 Å². The Bertz CT molecular complexity index is 809. The number of benzene rings is 1. The molecule has 2 heterocycles. The van der Waals surface area contributed by atoms with Gasteiger partial charge in [0.15, 0.2) is 4.96 Å². The second kappa shape index (κ2) is 5.17. The number of halogens is 1. The van der Waals surface area contributed by atoms with Crippen LogP contribution in [0.1, 0.15) is 5.69 Å². The fourth-order valence-electron chi connectivity index (χ4n) is 1.73. The number of nitrogens with one attached hydrogen (secondary N) is 1. The van der Waals surface area contributed by atoms with Gasteiger partial charge in [-0.1, -0.05) is 11.6 Å². The topological polar surface area (TPSA) is 63.5 Å². The predicted octanol–water partition coefficient (Wildman–Crippen LogP) is 2.53. The summed E-state index contributed by atoms with van der Waals surface area (Å²) >= 11 is 7.24. The van der Waals surface area contributed by atoms with Crippen LogP contribution < -0.4 is 4.72 Å². The van der Waals surface area contributed by atoms with Crippen LogP contribution in [0.2, 0.25) is 5.02 Å². The Morgan fingerprint density at radius 1 is 1.30 bits per heavy atom. The van der Waals surface area contributed by atoms with Gasteiger partial charge in [-0.15, -0.1) is 11.3 Å². The average Bonchev–Trinajstić information content (AvgIpc) is 2.97. The van der Waals surface area contributed by atoms with E-state index in [9.17, 15) is 8.42 Å². The zero-order valence-electron chi connectivity index (χ0n) is 10.2. The molecule has 5 nitrogen and oxygen atoms in total. The van der Waals surface area contributed by atoms with Crippen molar-refractivity contribution < 1.29 is 8.42 Å². The highest BCUT2D eigenvalue weighted by Gasteiger charge is 2.14. The zero-order valence-corrected chi connectivity index (χ0v) is 12.5. The van der Waals surface area contributed by atoms with Gasteiger partial charge in [0.2, 0.25) is 10.0 Å². The van der Waals surface area contributed by atoms with Crippen LogP contribution in [0.4, 0.5) is 0 Å². The van der Waals surface area contributed by atoms with E-state index >= 15 is 0 Å². The number of rotatable bonds is 4. The van der Waals surface area contributed by atoms with Crippen molar-refractivity contribution in [2.45, 2.75) is 11.4 Å². The van der Waals surface area contributed by atoms with Crippen molar-refractivity contribution in [1.29, 1.82) is 0 Å². The van der Waals surface area contributed by atoms with Crippen molar-refractivity contribution in [3.8, 4) is 0 Å². The van der Waals surface area contributed by atoms with Crippen molar-refractivity contribution in [3.05, 3.63) is 52.8 Å². The SMILES string of the molecule is O=S(=O)(NCc1cn2ccsc2n1)c1ccc(Cl)cc1. The van der Waals surface area contributed by atoms with Crippen LogP contribution in [0, 0.1) is 0 Å². The Kier molecular flexibility index (Phi) is 3.51. The summed E-state index contributed by atoms with van der Waals surface area (Å²) in [4.78, 5) is 5.34. The zero-order chi connectivity index (χ0) is 14.2. The van der Waals surface area contributed by atoms with E-state index in [1.807, 2.05) is 16.0 Å². The monoisotopic (exact) mass is 327 g/mol. The summed E-state index contributed by atoms with van der Waals surface area (Å²) in [5.41, 5.74) is 0.675. The molecule has 0 amide bonds. The number of hydrogen-bond donors (Lipinski definition) is 1. The molecule has 1 aromatic carbocycles. The fourth-order valence-corrected chi connectivity index (χ4v) is 3.57. The van der Waals surface area contributed by atoms with Gasteiger partial charge in [0.25, 0.3) is 0 Å². The maximum Gasteiger partial charge on any atom is 0.240 e. The van der Waals surface area contributed by atoms with E-state index in [1.54, 1.807) is 18.3 Å². The van der Waals surface area contributed by atoms with Crippen molar-refractivity contribution >= 4 is 37.9 Å². The molecule has 0 spiro atoms. The number of thiazole rings is 1. The molecule has 3 aromatic rings. The first-order valence-corrected chi connectivity index (χ1v) is 8.45. The maximum absolute atomic E-state index is 12.1. The normalized spacial score (nSPS) is 12.1. The summed E-state index contributed by atoms with van der Waals surface area (Å²) in [6.45, 7) is 0.152. The third-order valence-electron chi connectivity index (χ3n) is 2.71. The average molecular weight is 328 g/mol. The predicted molar refractivity (Wildman–Crippen MR) is 78.5 cm³/mol. The molecule has 20 heavy (non-hydrogen) atoms. The van der Waals surface area contributed by atoms with Gasteiger partial charge in [0.05, 0.1) is 17.1 Å². The molecular weight excluding hydrogens is 318 g/mol. The van der Waals surface area contributed by atoms with Gasteiger partial charge in [-0.05, 0) is 24.3 Å². The standard InChI is InChI=1S/C12H10ClN3O2S2/c13-9-1-3-11(4-2-9)20(17,18)14-7-10-8-16-5-6-19-12(16)15-10/h1-6,8,14H,7H2. The molecule has 0 saturated carbocycles. The van der Waals surface area contributed by atoms with E-state index in [0.29, 0.717) is 10.7 Å². The third-order valence-corrected chi connectivity index (χ3v) is 5.15. The largest absolute Gasteiger partial charge is 0.297 e. The van der Waals surface area contributed by atoms with Gasteiger partial charge < -0.3 is 0 Å². The molecule has 0 fully saturated rings. The van der Waals surface area contributed by atoms with Gasteiger partial charge >= 0.3 is 0 Å². The molecule has 0 aliphatic rings. The molecule has 0 unspecified atom stereocenters. The Morgan fingerprint density at radius 3 is 2.75 bits per heavy atom. The summed E-state index contributed by atoms with van der Waals surface area (Å²) in [6, 6.07) is 6.03. The maximum atomic E-state index is 12.1. The molecular formula is C12H10ClN3O2S2. The molecule has 0 aliphatic carbocycles. The Morgan fingerprint density at radius 2 is 2.05 bits per heavy atom. The molecule has 2 aromatic heterocycles. The Balaban J connectivity index is 1.76. The highest BCUT2D eigenvalue weighted by molar-refractivity contribution is 7.89. The molecule has 0 saturated heterocycles. The van der Waals surface area contributed by atoms with Crippen LogP contribution in [-0.4, -0.2) is 17.8 Å². The molecule has 3 rings (SSSR count). The molecule has 104 valence electrons. The van der Waals surface area contributed by atoms with Gasteiger partial charge in [0.1, 0.15) is 0 Å². The van der Waals surface area contributed by atoms with Crippen molar-refractivity contribution in [2.24, 2.45) is 0 Å². The molecule has 0 aliphatic heterocycles. The number of nitrogens with zero attached hydrogens (tertiary/aromatic N) is 2. The molecule has 8 heteroatoms. The number of hydrogen-bond acceptors (Lipinski definition) is 4. The van der Waals surface area contributed by atoms with Gasteiger partial charge in [-0.2, -0.15) is 0 Å². The first-order valence-electron chi connectivity index (χ1n) is 5.71. The third kappa shape index (κ3) is 2.71. The Hall–Kier alpha value is -1.41. The first kappa shape index (κ1) is 13.6. The van der Waals surface area contributed by atoms with Crippen molar-refractivity contribution in [1.82, 2.24) is 14.1 Å². The second-order valence-electron chi connectivity index (χ2n) is 4.10. The molecule has 0 atom stereocenters. The molecule has 0 bridgehead atoms. The van der Waals surface area contributed by atoms with E-state index in [1.165, 1.54) is 23.5 Å². The van der Waals surface area contributed by atoms with Gasteiger partial charge in [-0.25, -0.2) is 18.1 Å². The minimum atomic E-state index is -3.55. The Labute approximate surface area is 124 Å².